The van der Waals surface area contributed by atoms with Crippen LogP contribution in [0.3, 0.4) is 0 Å². The Morgan fingerprint density at radius 3 is 2.94 bits per heavy atom. The fourth-order valence-electron chi connectivity index (χ4n) is 1.62. The van der Waals surface area contributed by atoms with E-state index >= 15 is 0 Å². The van der Waals surface area contributed by atoms with Crippen LogP contribution in [0.15, 0.2) is 17.8 Å². The van der Waals surface area contributed by atoms with Gasteiger partial charge >= 0.3 is 0 Å². The van der Waals surface area contributed by atoms with Crippen molar-refractivity contribution in [2.75, 3.05) is 7.11 Å². The summed E-state index contributed by atoms with van der Waals surface area (Å²) in [6.07, 6.45) is 2.14. The Labute approximate surface area is 109 Å². The monoisotopic (exact) mass is 265 g/mol. The molecule has 0 saturated heterocycles. The van der Waals surface area contributed by atoms with Gasteiger partial charge in [-0.2, -0.15) is 0 Å². The van der Waals surface area contributed by atoms with Crippen LogP contribution in [0.2, 0.25) is 0 Å². The van der Waals surface area contributed by atoms with Crippen molar-refractivity contribution >= 4 is 11.3 Å². The predicted molar refractivity (Wildman–Crippen MR) is 69.2 cm³/mol. The first-order valence-corrected chi connectivity index (χ1v) is 6.34. The van der Waals surface area contributed by atoms with E-state index in [-0.39, 0.29) is 6.04 Å². The molecule has 0 radical (unpaired) electrons. The summed E-state index contributed by atoms with van der Waals surface area (Å²) in [5.41, 5.74) is 4.53. The molecule has 0 fully saturated rings. The molecule has 0 saturated carbocycles. The van der Waals surface area contributed by atoms with Gasteiger partial charge in [-0.3, -0.25) is 11.3 Å². The van der Waals surface area contributed by atoms with Crippen molar-refractivity contribution in [2.24, 2.45) is 5.84 Å². The largest absolute Gasteiger partial charge is 0.481 e. The van der Waals surface area contributed by atoms with Crippen LogP contribution in [-0.2, 0) is 6.42 Å². The summed E-state index contributed by atoms with van der Waals surface area (Å²) in [7, 11) is 1.57. The zero-order valence-electron chi connectivity index (χ0n) is 10.3. The maximum Gasteiger partial charge on any atom is 0.216 e. The third-order valence-electron chi connectivity index (χ3n) is 2.51. The summed E-state index contributed by atoms with van der Waals surface area (Å²) in [5.74, 6) is 6.10. The van der Waals surface area contributed by atoms with Crippen LogP contribution in [-0.4, -0.2) is 22.1 Å². The highest BCUT2D eigenvalue weighted by atomic mass is 32.1. The molecular weight excluding hydrogens is 250 g/mol. The van der Waals surface area contributed by atoms with E-state index in [9.17, 15) is 0 Å². The summed E-state index contributed by atoms with van der Waals surface area (Å²) >= 11 is 1.62. The van der Waals surface area contributed by atoms with E-state index in [1.54, 1.807) is 24.5 Å². The first kappa shape index (κ1) is 12.9. The first-order chi connectivity index (χ1) is 8.72. The van der Waals surface area contributed by atoms with Crippen molar-refractivity contribution in [3.05, 3.63) is 34.2 Å². The Morgan fingerprint density at radius 2 is 2.33 bits per heavy atom. The summed E-state index contributed by atoms with van der Waals surface area (Å²) in [4.78, 5) is 12.6. The minimum absolute atomic E-state index is 0.108. The number of nitrogens with one attached hydrogen (secondary N) is 1. The van der Waals surface area contributed by atoms with Crippen molar-refractivity contribution in [3.63, 3.8) is 0 Å². The Hall–Kier alpha value is -1.57. The smallest absolute Gasteiger partial charge is 0.216 e. The summed E-state index contributed by atoms with van der Waals surface area (Å²) in [5, 5.41) is 3.07. The fraction of sp³-hybridized carbons (Fsp3) is 0.364. The van der Waals surface area contributed by atoms with E-state index in [4.69, 9.17) is 10.6 Å². The molecule has 6 nitrogen and oxygen atoms in total. The van der Waals surface area contributed by atoms with Gasteiger partial charge in [-0.15, -0.1) is 11.3 Å². The SMILES string of the molecule is COc1cc(C(Cc2csc(C)n2)NN)ncn1. The third-order valence-corrected chi connectivity index (χ3v) is 3.33. The lowest BCUT2D eigenvalue weighted by Crippen LogP contribution is -2.30. The number of aromatic nitrogens is 3. The van der Waals surface area contributed by atoms with E-state index in [2.05, 4.69) is 20.4 Å². The summed E-state index contributed by atoms with van der Waals surface area (Å²) in [6, 6.07) is 1.66. The molecule has 0 aliphatic carbocycles. The third kappa shape index (κ3) is 3.00. The second kappa shape index (κ2) is 5.85. The fourth-order valence-corrected chi connectivity index (χ4v) is 2.24. The molecule has 0 bridgehead atoms. The molecule has 0 amide bonds. The molecule has 96 valence electrons. The van der Waals surface area contributed by atoms with Crippen LogP contribution in [0.1, 0.15) is 22.4 Å². The Bertz CT molecular complexity index is 516. The van der Waals surface area contributed by atoms with Gasteiger partial charge in [0.25, 0.3) is 0 Å². The van der Waals surface area contributed by atoms with Crippen molar-refractivity contribution in [1.29, 1.82) is 0 Å². The number of aryl methyl sites for hydroxylation is 1. The van der Waals surface area contributed by atoms with E-state index in [1.165, 1.54) is 6.33 Å². The highest BCUT2D eigenvalue weighted by molar-refractivity contribution is 7.09. The predicted octanol–water partition coefficient (Wildman–Crippen LogP) is 0.997. The molecule has 7 heteroatoms. The number of hydrogen-bond donors (Lipinski definition) is 2. The van der Waals surface area contributed by atoms with Gasteiger partial charge in [0, 0.05) is 17.9 Å². The molecule has 0 aliphatic rings. The number of hydrogen-bond acceptors (Lipinski definition) is 7. The molecule has 0 aliphatic heterocycles. The summed E-state index contributed by atoms with van der Waals surface area (Å²) in [6.45, 7) is 1.98. The molecule has 1 atom stereocenters. The summed E-state index contributed by atoms with van der Waals surface area (Å²) < 4.78 is 5.07. The lowest BCUT2D eigenvalue weighted by Gasteiger charge is -2.14. The first-order valence-electron chi connectivity index (χ1n) is 5.46. The van der Waals surface area contributed by atoms with E-state index < -0.39 is 0 Å². The maximum atomic E-state index is 5.58. The molecule has 2 aromatic rings. The lowest BCUT2D eigenvalue weighted by molar-refractivity contribution is 0.393. The average Bonchev–Trinajstić information content (AvgIpc) is 2.81. The normalized spacial score (nSPS) is 12.4. The van der Waals surface area contributed by atoms with Crippen LogP contribution >= 0.6 is 11.3 Å². The number of ether oxygens (including phenoxy) is 1. The van der Waals surface area contributed by atoms with Gasteiger partial charge in [0.15, 0.2) is 0 Å². The van der Waals surface area contributed by atoms with E-state index in [0.717, 1.165) is 16.4 Å². The van der Waals surface area contributed by atoms with Gasteiger partial charge in [-0.05, 0) is 6.92 Å². The van der Waals surface area contributed by atoms with Gasteiger partial charge in [0.2, 0.25) is 5.88 Å². The number of nitrogens with two attached hydrogens (primary N) is 1. The van der Waals surface area contributed by atoms with Crippen LogP contribution in [0.4, 0.5) is 0 Å². The molecular formula is C11H15N5OS. The quantitative estimate of drug-likeness (QED) is 0.619. The number of hydrazine groups is 1. The topological polar surface area (TPSA) is 86.0 Å². The van der Waals surface area contributed by atoms with Crippen molar-refractivity contribution < 1.29 is 4.74 Å². The Morgan fingerprint density at radius 1 is 1.50 bits per heavy atom. The van der Waals surface area contributed by atoms with Gasteiger partial charge in [-0.25, -0.2) is 15.0 Å². The highest BCUT2D eigenvalue weighted by Crippen LogP contribution is 2.19. The molecule has 1 unspecified atom stereocenters. The van der Waals surface area contributed by atoms with Gasteiger partial charge < -0.3 is 4.74 Å². The van der Waals surface area contributed by atoms with Crippen LogP contribution in [0.25, 0.3) is 0 Å². The molecule has 0 aromatic carbocycles. The standard InChI is InChI=1S/C11H15N5OS/c1-7-15-8(5-18-7)3-10(16-12)9-4-11(17-2)14-6-13-9/h4-6,10,16H,3,12H2,1-2H3. The number of methoxy groups -OCH3 is 1. The van der Waals surface area contributed by atoms with Gasteiger partial charge in [0.05, 0.1) is 29.5 Å². The second-order valence-corrected chi connectivity index (χ2v) is 4.83. The number of thiazole rings is 1. The Balaban J connectivity index is 2.17. The van der Waals surface area contributed by atoms with Crippen LogP contribution in [0.5, 0.6) is 5.88 Å². The van der Waals surface area contributed by atoms with Crippen LogP contribution < -0.4 is 16.0 Å². The zero-order valence-corrected chi connectivity index (χ0v) is 11.1. The average molecular weight is 265 g/mol. The number of rotatable bonds is 5. The van der Waals surface area contributed by atoms with Gasteiger partial charge in [0.1, 0.15) is 6.33 Å². The molecule has 2 rings (SSSR count). The van der Waals surface area contributed by atoms with Gasteiger partial charge in [-0.1, -0.05) is 0 Å². The molecule has 2 aromatic heterocycles. The zero-order chi connectivity index (χ0) is 13.0. The minimum atomic E-state index is -0.108. The van der Waals surface area contributed by atoms with Crippen LogP contribution in [0, 0.1) is 6.92 Å². The van der Waals surface area contributed by atoms with Crippen molar-refractivity contribution in [3.8, 4) is 5.88 Å². The molecule has 0 spiro atoms. The Kier molecular flexibility index (Phi) is 4.19. The second-order valence-electron chi connectivity index (χ2n) is 3.77. The maximum absolute atomic E-state index is 5.58. The van der Waals surface area contributed by atoms with E-state index in [0.29, 0.717) is 12.3 Å². The lowest BCUT2D eigenvalue weighted by atomic mass is 10.1. The van der Waals surface area contributed by atoms with Crippen molar-refractivity contribution in [2.45, 2.75) is 19.4 Å². The van der Waals surface area contributed by atoms with E-state index in [1.807, 2.05) is 12.3 Å². The highest BCUT2D eigenvalue weighted by Gasteiger charge is 2.14. The van der Waals surface area contributed by atoms with Crippen molar-refractivity contribution in [1.82, 2.24) is 20.4 Å². The molecule has 3 N–H and O–H groups in total. The molecule has 2 heterocycles. The molecule has 18 heavy (non-hydrogen) atoms. The number of nitrogens with zero attached hydrogens (tertiary/aromatic N) is 3. The minimum Gasteiger partial charge on any atom is -0.481 e.